The van der Waals surface area contributed by atoms with Gasteiger partial charge >= 0.3 is 12.1 Å². The van der Waals surface area contributed by atoms with Crippen LogP contribution in [0.25, 0.3) is 0 Å². The van der Waals surface area contributed by atoms with Crippen LogP contribution in [0.15, 0.2) is 89.9 Å². The number of piperazine rings is 1. The molecule has 0 aliphatic carbocycles. The van der Waals surface area contributed by atoms with Gasteiger partial charge in [-0.25, -0.2) is 4.79 Å². The van der Waals surface area contributed by atoms with E-state index in [4.69, 9.17) is 15.2 Å². The Kier molecular flexibility index (Phi) is 9.58. The fourth-order valence-corrected chi connectivity index (χ4v) is 5.00. The highest BCUT2D eigenvalue weighted by Crippen LogP contribution is 2.23. The van der Waals surface area contributed by atoms with Crippen LogP contribution in [0.4, 0.5) is 10.5 Å². The van der Waals surface area contributed by atoms with Crippen LogP contribution in [0.1, 0.15) is 27.9 Å². The number of carbonyl (C=O) groups excluding carboxylic acids is 3. The van der Waals surface area contributed by atoms with Crippen LogP contribution in [0, 0.1) is 0 Å². The number of rotatable bonds is 10. The van der Waals surface area contributed by atoms with E-state index < -0.39 is 5.91 Å². The van der Waals surface area contributed by atoms with E-state index in [9.17, 15) is 14.4 Å². The number of esters is 1. The molecule has 0 radical (unpaired) electrons. The molecule has 2 aliphatic heterocycles. The van der Waals surface area contributed by atoms with Gasteiger partial charge in [-0.1, -0.05) is 48.5 Å². The van der Waals surface area contributed by atoms with Gasteiger partial charge in [0.15, 0.2) is 0 Å². The topological polar surface area (TPSA) is 118 Å². The number of carbonyl (C=O) groups is 3. The Balaban J connectivity index is 1.04. The van der Waals surface area contributed by atoms with Crippen LogP contribution in [0.5, 0.6) is 0 Å². The molecule has 2 saturated heterocycles. The molecule has 42 heavy (non-hydrogen) atoms. The first kappa shape index (κ1) is 29.0. The average molecular weight is 570 g/mol. The highest BCUT2D eigenvalue weighted by atomic mass is 16.6. The molecule has 5 rings (SSSR count). The smallest absolute Gasteiger partial charge is 0.414 e. The summed E-state index contributed by atoms with van der Waals surface area (Å²) in [5.74, 6) is -0.492. The number of benzene rings is 3. The molecule has 3 aromatic rings. The number of ether oxygens (including phenoxy) is 2. The van der Waals surface area contributed by atoms with Crippen molar-refractivity contribution in [1.82, 2.24) is 9.80 Å². The lowest BCUT2D eigenvalue weighted by Gasteiger charge is -2.35. The maximum atomic E-state index is 12.6. The number of amidine groups is 1. The number of nitrogens with two attached hydrogens (primary N) is 1. The van der Waals surface area contributed by atoms with Crippen molar-refractivity contribution < 1.29 is 23.9 Å². The third-order valence-electron chi connectivity index (χ3n) is 7.39. The van der Waals surface area contributed by atoms with Gasteiger partial charge in [-0.05, 0) is 42.0 Å². The SMILES string of the molecule is NC(=NC(=O)c1ccccc1)c1ccc(N2CC(CN3CCN(CCC(=O)OCc4ccccc4)CC3)OC2=O)cc1. The fraction of sp³-hybridized carbons (Fsp3) is 0.312. The second-order valence-electron chi connectivity index (χ2n) is 10.4. The van der Waals surface area contributed by atoms with E-state index in [2.05, 4.69) is 14.8 Å². The van der Waals surface area contributed by atoms with Crippen molar-refractivity contribution in [2.45, 2.75) is 19.1 Å². The Hall–Kier alpha value is -4.54. The quantitative estimate of drug-likeness (QED) is 0.225. The van der Waals surface area contributed by atoms with Crippen LogP contribution >= 0.6 is 0 Å². The van der Waals surface area contributed by atoms with E-state index in [1.54, 1.807) is 53.4 Å². The van der Waals surface area contributed by atoms with Gasteiger partial charge in [-0.2, -0.15) is 4.99 Å². The van der Waals surface area contributed by atoms with Crippen molar-refractivity contribution in [1.29, 1.82) is 0 Å². The molecule has 2 aliphatic rings. The van der Waals surface area contributed by atoms with E-state index in [-0.39, 0.29) is 24.0 Å². The summed E-state index contributed by atoms with van der Waals surface area (Å²) in [5.41, 5.74) is 8.79. The van der Waals surface area contributed by atoms with Crippen molar-refractivity contribution in [3.63, 3.8) is 0 Å². The predicted molar refractivity (Wildman–Crippen MR) is 159 cm³/mol. The monoisotopic (exact) mass is 569 g/mol. The molecular formula is C32H35N5O5. The Morgan fingerprint density at radius 1 is 0.857 bits per heavy atom. The number of hydrogen-bond donors (Lipinski definition) is 1. The molecule has 0 bridgehead atoms. The first-order chi connectivity index (χ1) is 20.4. The second-order valence-corrected chi connectivity index (χ2v) is 10.4. The molecule has 0 spiro atoms. The van der Waals surface area contributed by atoms with Gasteiger partial charge < -0.3 is 20.1 Å². The van der Waals surface area contributed by atoms with Gasteiger partial charge in [-0.3, -0.25) is 19.4 Å². The lowest BCUT2D eigenvalue weighted by atomic mass is 10.1. The van der Waals surface area contributed by atoms with Crippen LogP contribution < -0.4 is 10.6 Å². The zero-order chi connectivity index (χ0) is 29.3. The van der Waals surface area contributed by atoms with Crippen molar-refractivity contribution in [2.24, 2.45) is 10.7 Å². The summed E-state index contributed by atoms with van der Waals surface area (Å²) in [7, 11) is 0. The zero-order valence-electron chi connectivity index (χ0n) is 23.4. The third kappa shape index (κ3) is 7.80. The van der Waals surface area contributed by atoms with Gasteiger partial charge in [0.05, 0.1) is 13.0 Å². The summed E-state index contributed by atoms with van der Waals surface area (Å²) in [6.45, 7) is 5.41. The molecule has 10 heteroatoms. The second kappa shape index (κ2) is 13.9. The van der Waals surface area contributed by atoms with Crippen molar-refractivity contribution in [3.8, 4) is 0 Å². The van der Waals surface area contributed by atoms with Gasteiger partial charge in [0.25, 0.3) is 5.91 Å². The number of amides is 2. The maximum Gasteiger partial charge on any atom is 0.414 e. The van der Waals surface area contributed by atoms with Crippen LogP contribution in [0.2, 0.25) is 0 Å². The number of aliphatic imine (C=N–C) groups is 1. The largest absolute Gasteiger partial charge is 0.461 e. The number of hydrogen-bond acceptors (Lipinski definition) is 7. The first-order valence-electron chi connectivity index (χ1n) is 14.1. The predicted octanol–water partition coefficient (Wildman–Crippen LogP) is 3.31. The Morgan fingerprint density at radius 2 is 1.50 bits per heavy atom. The maximum absolute atomic E-state index is 12.6. The highest BCUT2D eigenvalue weighted by Gasteiger charge is 2.34. The molecule has 218 valence electrons. The van der Waals surface area contributed by atoms with Gasteiger partial charge in [0.1, 0.15) is 18.5 Å². The minimum absolute atomic E-state index is 0.112. The van der Waals surface area contributed by atoms with E-state index in [1.807, 2.05) is 36.4 Å². The van der Waals surface area contributed by atoms with Gasteiger partial charge in [-0.15, -0.1) is 0 Å². The molecule has 2 amide bonds. The number of nitrogens with zero attached hydrogens (tertiary/aromatic N) is 4. The number of anilines is 1. The Bertz CT molecular complexity index is 1390. The molecule has 0 aromatic heterocycles. The van der Waals surface area contributed by atoms with E-state index >= 15 is 0 Å². The molecule has 2 fully saturated rings. The summed E-state index contributed by atoms with van der Waals surface area (Å²) in [6.07, 6.45) is -0.269. The summed E-state index contributed by atoms with van der Waals surface area (Å²) in [4.78, 5) is 47.3. The minimum atomic E-state index is -0.412. The summed E-state index contributed by atoms with van der Waals surface area (Å²) in [6, 6.07) is 25.4. The van der Waals surface area contributed by atoms with Crippen LogP contribution in [0.3, 0.4) is 0 Å². The fourth-order valence-electron chi connectivity index (χ4n) is 5.00. The van der Waals surface area contributed by atoms with E-state index in [0.717, 1.165) is 31.7 Å². The minimum Gasteiger partial charge on any atom is -0.461 e. The Labute approximate surface area is 245 Å². The molecule has 1 unspecified atom stereocenters. The summed E-state index contributed by atoms with van der Waals surface area (Å²) in [5, 5.41) is 0. The first-order valence-corrected chi connectivity index (χ1v) is 14.1. The third-order valence-corrected chi connectivity index (χ3v) is 7.39. The molecule has 2 N–H and O–H groups in total. The molecule has 3 aromatic carbocycles. The lowest BCUT2D eigenvalue weighted by Crippen LogP contribution is -2.49. The van der Waals surface area contributed by atoms with Gasteiger partial charge in [0, 0.05) is 56.1 Å². The molecule has 2 heterocycles. The van der Waals surface area contributed by atoms with E-state index in [1.165, 1.54) is 0 Å². The summed E-state index contributed by atoms with van der Waals surface area (Å²) < 4.78 is 11.0. The molecule has 1 atom stereocenters. The zero-order valence-corrected chi connectivity index (χ0v) is 23.4. The van der Waals surface area contributed by atoms with Crippen molar-refractivity contribution in [3.05, 3.63) is 102 Å². The van der Waals surface area contributed by atoms with Gasteiger partial charge in [0.2, 0.25) is 0 Å². The average Bonchev–Trinajstić information content (AvgIpc) is 3.40. The van der Waals surface area contributed by atoms with Crippen LogP contribution in [-0.4, -0.2) is 85.5 Å². The Morgan fingerprint density at radius 3 is 2.19 bits per heavy atom. The lowest BCUT2D eigenvalue weighted by molar-refractivity contribution is -0.145. The molecule has 10 nitrogen and oxygen atoms in total. The van der Waals surface area contributed by atoms with Crippen LogP contribution in [-0.2, 0) is 20.9 Å². The normalized spacial score (nSPS) is 18.1. The number of cyclic esters (lactones) is 1. The van der Waals surface area contributed by atoms with E-state index in [0.29, 0.717) is 49.5 Å². The molecular weight excluding hydrogens is 534 g/mol. The van der Waals surface area contributed by atoms with Crippen molar-refractivity contribution in [2.75, 3.05) is 50.7 Å². The molecule has 0 saturated carbocycles. The van der Waals surface area contributed by atoms with Crippen molar-refractivity contribution >= 4 is 29.5 Å². The standard InChI is InChI=1S/C32H35N5O5/c33-30(34-31(39)26-9-5-2-6-10-26)25-11-13-27(14-12-25)37-22-28(42-32(37)40)21-36-19-17-35(18-20-36)16-15-29(38)41-23-24-7-3-1-4-8-24/h1-14,28H,15-23H2,(H2,33,34,39). The summed E-state index contributed by atoms with van der Waals surface area (Å²) >= 11 is 0. The highest BCUT2D eigenvalue weighted by molar-refractivity contribution is 6.09.